The van der Waals surface area contributed by atoms with Gasteiger partial charge < -0.3 is 15.0 Å². The van der Waals surface area contributed by atoms with Crippen LogP contribution >= 0.6 is 11.6 Å². The highest BCUT2D eigenvalue weighted by Gasteiger charge is 2.19. The molecule has 1 amide bonds. The van der Waals surface area contributed by atoms with Gasteiger partial charge in [0.15, 0.2) is 0 Å². The molecule has 2 aromatic heterocycles. The van der Waals surface area contributed by atoms with E-state index in [2.05, 4.69) is 23.3 Å². The Hall–Kier alpha value is -3.57. The second-order valence-corrected chi connectivity index (χ2v) is 11.3. The largest absolute Gasteiger partial charge is 0.466 e. The summed E-state index contributed by atoms with van der Waals surface area (Å²) in [5.41, 5.74) is 1.77. The molecule has 0 fully saturated rings. The van der Waals surface area contributed by atoms with Crippen molar-refractivity contribution in [2.24, 2.45) is 0 Å². The first-order valence-corrected chi connectivity index (χ1v) is 15.6. The fourth-order valence-electron chi connectivity index (χ4n) is 4.99. The van der Waals surface area contributed by atoms with Gasteiger partial charge in [-0.25, -0.2) is 0 Å². The maximum absolute atomic E-state index is 13.1. The van der Waals surface area contributed by atoms with E-state index in [1.165, 1.54) is 62.2 Å². The molecule has 0 aliphatic carbocycles. The van der Waals surface area contributed by atoms with Crippen LogP contribution in [-0.4, -0.2) is 27.9 Å². The number of aromatic amines is 1. The summed E-state index contributed by atoms with van der Waals surface area (Å²) in [6.45, 7) is 4.19. The molecule has 0 spiro atoms. The van der Waals surface area contributed by atoms with Gasteiger partial charge in [0, 0.05) is 23.2 Å². The first kappa shape index (κ1) is 32.9. The number of carbonyl (C=O) groups excluding carboxylic acids is 2. The minimum Gasteiger partial charge on any atom is -0.466 e. The molecule has 0 atom stereocenters. The molecule has 0 radical (unpaired) electrons. The molecule has 42 heavy (non-hydrogen) atoms. The predicted molar refractivity (Wildman–Crippen MR) is 168 cm³/mol. The highest BCUT2D eigenvalue weighted by Crippen LogP contribution is 2.29. The van der Waals surface area contributed by atoms with Gasteiger partial charge in [0.2, 0.25) is 5.91 Å². The van der Waals surface area contributed by atoms with Crippen molar-refractivity contribution in [1.29, 1.82) is 5.26 Å². The van der Waals surface area contributed by atoms with Gasteiger partial charge in [-0.2, -0.15) is 5.26 Å². The number of H-pyrrole nitrogens is 1. The average molecular weight is 595 g/mol. The molecule has 2 N–H and O–H groups in total. The number of nitrogens with zero attached hydrogens (tertiary/aromatic N) is 2. The zero-order valence-electron chi connectivity index (χ0n) is 24.9. The topological polar surface area (TPSA) is 116 Å². The number of halogens is 1. The first-order chi connectivity index (χ1) is 20.3. The lowest BCUT2D eigenvalue weighted by molar-refractivity contribution is -0.144. The second kappa shape index (κ2) is 17.4. The third-order valence-electron chi connectivity index (χ3n) is 7.51. The van der Waals surface area contributed by atoms with Gasteiger partial charge in [-0.1, -0.05) is 101 Å². The van der Waals surface area contributed by atoms with Crippen LogP contribution in [0.25, 0.3) is 16.8 Å². The van der Waals surface area contributed by atoms with Crippen LogP contribution in [0.1, 0.15) is 108 Å². The average Bonchev–Trinajstić information content (AvgIpc) is 3.36. The van der Waals surface area contributed by atoms with E-state index in [-0.39, 0.29) is 41.0 Å². The van der Waals surface area contributed by atoms with E-state index in [9.17, 15) is 19.6 Å². The highest BCUT2D eigenvalue weighted by molar-refractivity contribution is 6.30. The summed E-state index contributed by atoms with van der Waals surface area (Å²) < 4.78 is 6.65. The van der Waals surface area contributed by atoms with Crippen LogP contribution in [0.5, 0.6) is 0 Å². The van der Waals surface area contributed by atoms with Crippen molar-refractivity contribution in [3.05, 3.63) is 57.0 Å². The molecular weight excluding hydrogens is 552 g/mol. The number of amides is 1. The molecule has 2 heterocycles. The Balaban J connectivity index is 1.40. The number of anilines is 1. The summed E-state index contributed by atoms with van der Waals surface area (Å²) in [6, 6.07) is 9.12. The molecule has 0 saturated heterocycles. The van der Waals surface area contributed by atoms with Crippen molar-refractivity contribution in [3.63, 3.8) is 0 Å². The van der Waals surface area contributed by atoms with E-state index >= 15 is 0 Å². The monoisotopic (exact) mass is 594 g/mol. The number of benzene rings is 1. The van der Waals surface area contributed by atoms with Gasteiger partial charge in [-0.15, -0.1) is 0 Å². The van der Waals surface area contributed by atoms with Crippen molar-refractivity contribution in [3.8, 4) is 17.2 Å². The van der Waals surface area contributed by atoms with Crippen LogP contribution in [0.4, 0.5) is 5.82 Å². The minimum atomic E-state index is -0.427. The minimum absolute atomic E-state index is 0.0507. The van der Waals surface area contributed by atoms with Crippen LogP contribution in [0.2, 0.25) is 5.02 Å². The van der Waals surface area contributed by atoms with E-state index < -0.39 is 11.9 Å². The summed E-state index contributed by atoms with van der Waals surface area (Å²) in [7, 11) is 0. The van der Waals surface area contributed by atoms with Crippen molar-refractivity contribution < 1.29 is 14.3 Å². The Morgan fingerprint density at radius 1 is 0.952 bits per heavy atom. The zero-order chi connectivity index (χ0) is 30.3. The van der Waals surface area contributed by atoms with Crippen LogP contribution in [0.15, 0.2) is 35.3 Å². The molecule has 0 saturated carbocycles. The van der Waals surface area contributed by atoms with Crippen LogP contribution in [-0.2, 0) is 14.3 Å². The van der Waals surface area contributed by atoms with Gasteiger partial charge in [-0.05, 0) is 31.0 Å². The number of hydrogen-bond donors (Lipinski definition) is 2. The highest BCUT2D eigenvalue weighted by atomic mass is 35.5. The number of nitrogens with one attached hydrogen (secondary N) is 2. The van der Waals surface area contributed by atoms with Gasteiger partial charge in [0.1, 0.15) is 23.1 Å². The fourth-order valence-corrected chi connectivity index (χ4v) is 5.12. The third kappa shape index (κ3) is 9.77. The molecule has 0 unspecified atom stereocenters. The lowest BCUT2D eigenvalue weighted by atomic mass is 10.1. The van der Waals surface area contributed by atoms with Gasteiger partial charge in [0.25, 0.3) is 5.56 Å². The summed E-state index contributed by atoms with van der Waals surface area (Å²) in [4.78, 5) is 40.8. The fraction of sp³-hybridized carbons (Fsp3) is 0.515. The quantitative estimate of drug-likeness (QED) is 0.114. The van der Waals surface area contributed by atoms with Gasteiger partial charge in [-0.3, -0.25) is 18.8 Å². The molecule has 1 aromatic carbocycles. The van der Waals surface area contributed by atoms with E-state index in [1.54, 1.807) is 37.4 Å². The number of ether oxygens (including phenoxy) is 1. The van der Waals surface area contributed by atoms with Crippen molar-refractivity contribution in [2.75, 3.05) is 11.9 Å². The number of hydrogen-bond acceptors (Lipinski definition) is 5. The molecule has 9 heteroatoms. The number of unbranched alkanes of at least 4 members (excludes halogenated alkanes) is 11. The number of aromatic nitrogens is 2. The Morgan fingerprint density at radius 3 is 2.14 bits per heavy atom. The molecular formula is C33H43ClN4O4. The van der Waals surface area contributed by atoms with Gasteiger partial charge in [0.05, 0.1) is 18.6 Å². The molecule has 0 bridgehead atoms. The van der Waals surface area contributed by atoms with Crippen LogP contribution < -0.4 is 10.9 Å². The Kier molecular flexibility index (Phi) is 13.6. The number of nitriles is 1. The third-order valence-corrected chi connectivity index (χ3v) is 7.76. The number of carbonyl (C=O) groups is 2. The number of esters is 1. The Bertz CT molecular complexity index is 1420. The molecule has 0 aliphatic rings. The SMILES string of the molecule is CCCCCCCCCCCCCCOC(=O)CCC(=O)Nc1[nH]c2c(C#N)c(-c3ccc(Cl)cc3)cn2c(=O)c1C. The van der Waals surface area contributed by atoms with E-state index in [0.29, 0.717) is 17.2 Å². The summed E-state index contributed by atoms with van der Waals surface area (Å²) >= 11 is 5.99. The van der Waals surface area contributed by atoms with Crippen LogP contribution in [0, 0.1) is 18.3 Å². The first-order valence-electron chi connectivity index (χ1n) is 15.2. The van der Waals surface area contributed by atoms with Gasteiger partial charge >= 0.3 is 5.97 Å². The molecule has 0 aliphatic heterocycles. The smallest absolute Gasteiger partial charge is 0.306 e. The zero-order valence-corrected chi connectivity index (χ0v) is 25.7. The summed E-state index contributed by atoms with van der Waals surface area (Å²) in [5.74, 6) is -0.650. The molecule has 226 valence electrons. The molecule has 3 aromatic rings. The predicted octanol–water partition coefficient (Wildman–Crippen LogP) is 8.09. The number of rotatable bonds is 18. The van der Waals surface area contributed by atoms with Crippen LogP contribution in [0.3, 0.4) is 0 Å². The standard InChI is InChI=1S/C33H43ClN4O4/c1-3-4-5-6-7-8-9-10-11-12-13-14-21-42-30(40)20-19-29(39)36-31-24(2)33(41)38-23-28(27(22-35)32(38)37-31)25-15-17-26(34)18-16-25/h15-18,23,37H,3-14,19-21H2,1-2H3,(H,36,39). The van der Waals surface area contributed by atoms with E-state index in [4.69, 9.17) is 16.3 Å². The van der Waals surface area contributed by atoms with Crippen molar-refractivity contribution >= 4 is 34.9 Å². The lowest BCUT2D eigenvalue weighted by Crippen LogP contribution is -2.22. The normalized spacial score (nSPS) is 11.0. The maximum atomic E-state index is 13.1. The number of fused-ring (bicyclic) bond motifs is 1. The summed E-state index contributed by atoms with van der Waals surface area (Å²) in [5, 5.41) is 13.1. The van der Waals surface area contributed by atoms with E-state index in [0.717, 1.165) is 24.8 Å². The Morgan fingerprint density at radius 2 is 1.55 bits per heavy atom. The van der Waals surface area contributed by atoms with Crippen molar-refractivity contribution in [2.45, 2.75) is 104 Å². The second-order valence-electron chi connectivity index (χ2n) is 10.8. The summed E-state index contributed by atoms with van der Waals surface area (Å²) in [6.07, 6.45) is 16.3. The molecule has 8 nitrogen and oxygen atoms in total. The van der Waals surface area contributed by atoms with E-state index in [1.807, 2.05) is 0 Å². The lowest BCUT2D eigenvalue weighted by Gasteiger charge is -2.10. The Labute approximate surface area is 253 Å². The maximum Gasteiger partial charge on any atom is 0.306 e. The van der Waals surface area contributed by atoms with Crippen molar-refractivity contribution in [1.82, 2.24) is 9.38 Å². The molecule has 3 rings (SSSR count).